The lowest BCUT2D eigenvalue weighted by atomic mass is 9.87. The maximum absolute atomic E-state index is 12.8. The molecule has 0 radical (unpaired) electrons. The molecule has 0 aliphatic rings. The quantitative estimate of drug-likeness (QED) is 0.545. The van der Waals surface area contributed by atoms with E-state index in [0.29, 0.717) is 15.6 Å². The molecule has 3 aromatic rings. The summed E-state index contributed by atoms with van der Waals surface area (Å²) >= 11 is 18.1. The maximum atomic E-state index is 12.8. The number of rotatable bonds is 7. The van der Waals surface area contributed by atoms with Gasteiger partial charge >= 0.3 is 0 Å². The average Bonchev–Trinajstić information content (AvgIpc) is 3.14. The Hall–Kier alpha value is -1.68. The smallest absolute Gasteiger partial charge is 0.240 e. The van der Waals surface area contributed by atoms with E-state index in [0.717, 1.165) is 0 Å². The van der Waals surface area contributed by atoms with Crippen LogP contribution in [0, 0.1) is 0 Å². The number of halogens is 3. The second-order valence-corrected chi connectivity index (χ2v) is 9.43. The van der Waals surface area contributed by atoms with Crippen molar-refractivity contribution in [1.82, 2.24) is 19.5 Å². The van der Waals surface area contributed by atoms with E-state index in [1.54, 1.807) is 12.1 Å². The molecule has 7 nitrogen and oxygen atoms in total. The van der Waals surface area contributed by atoms with Crippen LogP contribution < -0.4 is 4.72 Å². The van der Waals surface area contributed by atoms with Crippen molar-refractivity contribution >= 4 is 44.8 Å². The minimum Gasteiger partial charge on any atom is -0.381 e. The molecule has 1 heterocycles. The van der Waals surface area contributed by atoms with Gasteiger partial charge < -0.3 is 5.11 Å². The van der Waals surface area contributed by atoms with Crippen molar-refractivity contribution in [1.29, 1.82) is 0 Å². The topological polar surface area (TPSA) is 97.1 Å². The molecule has 0 saturated heterocycles. The van der Waals surface area contributed by atoms with E-state index in [-0.39, 0.29) is 16.5 Å². The van der Waals surface area contributed by atoms with Crippen molar-refractivity contribution in [3.05, 3.63) is 75.8 Å². The number of hydrogen-bond acceptors (Lipinski definition) is 5. The summed E-state index contributed by atoms with van der Waals surface area (Å²) in [5.74, 6) is 0. The average molecular weight is 476 g/mol. The number of benzene rings is 2. The van der Waals surface area contributed by atoms with Crippen LogP contribution in [0.2, 0.25) is 15.1 Å². The third kappa shape index (κ3) is 4.91. The van der Waals surface area contributed by atoms with Gasteiger partial charge in [-0.3, -0.25) is 0 Å². The lowest BCUT2D eigenvalue weighted by Gasteiger charge is -2.35. The van der Waals surface area contributed by atoms with Crippen molar-refractivity contribution in [2.75, 3.05) is 0 Å². The molecule has 0 saturated carbocycles. The highest BCUT2D eigenvalue weighted by atomic mass is 35.5. The lowest BCUT2D eigenvalue weighted by Crippen LogP contribution is -2.51. The van der Waals surface area contributed by atoms with Gasteiger partial charge in [-0.25, -0.2) is 22.8 Å². The van der Waals surface area contributed by atoms with E-state index in [9.17, 15) is 13.5 Å². The third-order valence-corrected chi connectivity index (χ3v) is 6.80. The number of aliphatic hydroxyl groups is 1. The molecule has 2 atom stereocenters. The minimum atomic E-state index is -3.95. The summed E-state index contributed by atoms with van der Waals surface area (Å²) < 4.78 is 29.5. The van der Waals surface area contributed by atoms with Crippen molar-refractivity contribution in [3.8, 4) is 0 Å². The molecular weight excluding hydrogens is 459 g/mol. The Morgan fingerprint density at radius 1 is 1.14 bits per heavy atom. The highest BCUT2D eigenvalue weighted by Gasteiger charge is 2.40. The van der Waals surface area contributed by atoms with Crippen molar-refractivity contribution in [2.24, 2.45) is 0 Å². The Balaban J connectivity index is 2.00. The van der Waals surface area contributed by atoms with Crippen LogP contribution in [0.25, 0.3) is 0 Å². The zero-order chi connectivity index (χ0) is 21.2. The number of nitrogens with one attached hydrogen (secondary N) is 1. The predicted octanol–water partition coefficient (Wildman–Crippen LogP) is 3.49. The number of nitrogens with zero attached hydrogens (tertiary/aromatic N) is 3. The van der Waals surface area contributed by atoms with E-state index in [1.807, 2.05) is 0 Å². The van der Waals surface area contributed by atoms with Gasteiger partial charge in [0.2, 0.25) is 10.0 Å². The molecule has 1 aromatic heterocycles. The van der Waals surface area contributed by atoms with Gasteiger partial charge in [-0.05, 0) is 43.3 Å². The lowest BCUT2D eigenvalue weighted by molar-refractivity contribution is -0.0103. The molecule has 0 amide bonds. The first-order chi connectivity index (χ1) is 13.6. The van der Waals surface area contributed by atoms with Gasteiger partial charge in [-0.15, -0.1) is 0 Å². The first-order valence-electron chi connectivity index (χ1n) is 8.40. The maximum Gasteiger partial charge on any atom is 0.240 e. The van der Waals surface area contributed by atoms with Gasteiger partial charge in [0, 0.05) is 20.6 Å². The van der Waals surface area contributed by atoms with E-state index in [2.05, 4.69) is 14.8 Å². The molecule has 0 aliphatic carbocycles. The van der Waals surface area contributed by atoms with Crippen LogP contribution in [0.15, 0.2) is 60.0 Å². The zero-order valence-corrected chi connectivity index (χ0v) is 18.2. The summed E-state index contributed by atoms with van der Waals surface area (Å²) in [6.45, 7) is 1.44. The van der Waals surface area contributed by atoms with Gasteiger partial charge in [0.15, 0.2) is 0 Å². The van der Waals surface area contributed by atoms with E-state index < -0.39 is 21.7 Å². The summed E-state index contributed by atoms with van der Waals surface area (Å²) in [5.41, 5.74) is -1.46. The molecule has 2 aromatic carbocycles. The Morgan fingerprint density at radius 2 is 1.79 bits per heavy atom. The Bertz CT molecular complexity index is 1090. The fourth-order valence-electron chi connectivity index (χ4n) is 2.87. The van der Waals surface area contributed by atoms with E-state index >= 15 is 0 Å². The highest BCUT2D eigenvalue weighted by Crippen LogP contribution is 2.35. The Kier molecular flexibility index (Phi) is 6.52. The molecule has 3 rings (SSSR count). The number of hydrogen-bond donors (Lipinski definition) is 2. The summed E-state index contributed by atoms with van der Waals surface area (Å²) in [6, 6.07) is 9.30. The monoisotopic (exact) mass is 474 g/mol. The molecule has 154 valence electrons. The molecule has 0 spiro atoms. The summed E-state index contributed by atoms with van der Waals surface area (Å²) in [5, 5.41) is 16.6. The van der Waals surface area contributed by atoms with Crippen LogP contribution >= 0.6 is 34.8 Å². The fourth-order valence-corrected chi connectivity index (χ4v) is 4.86. The Labute approximate surface area is 183 Å². The van der Waals surface area contributed by atoms with Crippen molar-refractivity contribution in [3.63, 3.8) is 0 Å². The van der Waals surface area contributed by atoms with Gasteiger partial charge in [0.1, 0.15) is 18.3 Å². The molecule has 11 heteroatoms. The summed E-state index contributed by atoms with van der Waals surface area (Å²) in [7, 11) is -3.95. The van der Waals surface area contributed by atoms with E-state index in [1.165, 1.54) is 54.6 Å². The first kappa shape index (κ1) is 22.0. The summed E-state index contributed by atoms with van der Waals surface area (Å²) in [4.78, 5) is 3.87. The molecule has 2 N–H and O–H groups in total. The van der Waals surface area contributed by atoms with Crippen LogP contribution in [-0.2, 0) is 22.2 Å². The second kappa shape index (κ2) is 8.59. The van der Waals surface area contributed by atoms with Gasteiger partial charge in [0.25, 0.3) is 0 Å². The van der Waals surface area contributed by atoms with Gasteiger partial charge in [0.05, 0.1) is 17.5 Å². The predicted molar refractivity (Wildman–Crippen MR) is 112 cm³/mol. The standard InChI is InChI=1S/C18H17Cl3N4O3S/c1-12(24-29(27,28)15-5-2-13(19)3-6-15)18(26,9-25-11-22-10-23-25)16-7-4-14(20)8-17(16)21/h2-8,10-12,24,26H,9H2,1H3. The van der Waals surface area contributed by atoms with Crippen LogP contribution in [0.5, 0.6) is 0 Å². The largest absolute Gasteiger partial charge is 0.381 e. The molecule has 2 unspecified atom stereocenters. The molecule has 29 heavy (non-hydrogen) atoms. The van der Waals surface area contributed by atoms with Crippen LogP contribution in [0.3, 0.4) is 0 Å². The highest BCUT2D eigenvalue weighted by molar-refractivity contribution is 7.89. The molecule has 0 aliphatic heterocycles. The number of aromatic nitrogens is 3. The first-order valence-corrected chi connectivity index (χ1v) is 11.0. The fraction of sp³-hybridized carbons (Fsp3) is 0.222. The second-order valence-electron chi connectivity index (χ2n) is 6.44. The van der Waals surface area contributed by atoms with Crippen LogP contribution in [0.4, 0.5) is 0 Å². The van der Waals surface area contributed by atoms with Crippen molar-refractivity contribution < 1.29 is 13.5 Å². The normalized spacial score (nSPS) is 15.1. The molecule has 0 fully saturated rings. The SMILES string of the molecule is CC(NS(=O)(=O)c1ccc(Cl)cc1)C(O)(Cn1cncn1)c1ccc(Cl)cc1Cl. The zero-order valence-electron chi connectivity index (χ0n) is 15.1. The molecule has 0 bridgehead atoms. The van der Waals surface area contributed by atoms with Gasteiger partial charge in [-0.1, -0.05) is 40.9 Å². The molecular formula is C18H17Cl3N4O3S. The summed E-state index contributed by atoms with van der Waals surface area (Å²) in [6.07, 6.45) is 2.72. The van der Waals surface area contributed by atoms with Gasteiger partial charge in [-0.2, -0.15) is 5.10 Å². The Morgan fingerprint density at radius 3 is 2.38 bits per heavy atom. The minimum absolute atomic E-state index is 0.0130. The third-order valence-electron chi connectivity index (χ3n) is 4.44. The number of sulfonamides is 1. The van der Waals surface area contributed by atoms with Crippen LogP contribution in [0.1, 0.15) is 12.5 Å². The van der Waals surface area contributed by atoms with Crippen LogP contribution in [-0.4, -0.2) is 34.3 Å². The van der Waals surface area contributed by atoms with E-state index in [4.69, 9.17) is 34.8 Å². The van der Waals surface area contributed by atoms with Crippen molar-refractivity contribution in [2.45, 2.75) is 30.0 Å².